The van der Waals surface area contributed by atoms with E-state index < -0.39 is 0 Å². The van der Waals surface area contributed by atoms with E-state index >= 15 is 0 Å². The molecule has 5 rings (SSSR count). The predicted octanol–water partition coefficient (Wildman–Crippen LogP) is 5.62. The molecule has 3 aromatic heterocycles. The molecule has 156 valence electrons. The minimum Gasteiger partial charge on any atom is -0.342 e. The molecule has 6 nitrogen and oxygen atoms in total. The standard InChI is InChI=1S/C21H22Cl2N6S/c1-13-10-16(24)21(11-13)3-7-28(8-4-21)20-27-12-15(19-26-6-9-29(19)20)30-14-2-5-25-18(23)17(14)22/h2,5-6,9,12-13,24H,3-4,7-8,10-11H2,1H3. The van der Waals surface area contributed by atoms with E-state index in [1.54, 1.807) is 12.4 Å². The Morgan fingerprint density at radius 3 is 2.67 bits per heavy atom. The number of halogens is 2. The number of nitrogens with one attached hydrogen (secondary N) is 1. The summed E-state index contributed by atoms with van der Waals surface area (Å²) in [6, 6.07) is 1.84. The summed E-state index contributed by atoms with van der Waals surface area (Å²) in [6.07, 6.45) is 11.4. The van der Waals surface area contributed by atoms with Crippen molar-refractivity contribution in [1.29, 1.82) is 5.41 Å². The molecule has 1 atom stereocenters. The Hall–Kier alpha value is -1.83. The third-order valence-electron chi connectivity index (χ3n) is 6.34. The monoisotopic (exact) mass is 460 g/mol. The van der Waals surface area contributed by atoms with Crippen LogP contribution in [0.5, 0.6) is 0 Å². The first-order valence-corrected chi connectivity index (χ1v) is 11.7. The zero-order chi connectivity index (χ0) is 20.9. The van der Waals surface area contributed by atoms with Gasteiger partial charge in [0.15, 0.2) is 5.65 Å². The Morgan fingerprint density at radius 2 is 1.93 bits per heavy atom. The highest BCUT2D eigenvalue weighted by molar-refractivity contribution is 7.99. The molecular formula is C21H22Cl2N6S. The second-order valence-corrected chi connectivity index (χ2v) is 10.1. The largest absolute Gasteiger partial charge is 0.342 e. The van der Waals surface area contributed by atoms with Crippen LogP contribution in [0.1, 0.15) is 32.6 Å². The van der Waals surface area contributed by atoms with E-state index in [0.717, 1.165) is 65.9 Å². The van der Waals surface area contributed by atoms with E-state index in [2.05, 4.69) is 21.8 Å². The molecule has 9 heteroatoms. The fourth-order valence-corrected chi connectivity index (χ4v) is 6.20. The normalized spacial score (nSPS) is 21.1. The van der Waals surface area contributed by atoms with Gasteiger partial charge in [-0.05, 0) is 37.7 Å². The van der Waals surface area contributed by atoms with Gasteiger partial charge in [-0.25, -0.2) is 15.0 Å². The molecule has 30 heavy (non-hydrogen) atoms. The number of anilines is 1. The van der Waals surface area contributed by atoms with Crippen LogP contribution in [-0.4, -0.2) is 38.2 Å². The molecule has 0 bridgehead atoms. The highest BCUT2D eigenvalue weighted by Gasteiger charge is 2.44. The van der Waals surface area contributed by atoms with Crippen LogP contribution >= 0.6 is 35.0 Å². The topological polar surface area (TPSA) is 70.2 Å². The Morgan fingerprint density at radius 1 is 1.13 bits per heavy atom. The van der Waals surface area contributed by atoms with Crippen LogP contribution < -0.4 is 4.90 Å². The zero-order valence-electron chi connectivity index (χ0n) is 16.6. The second-order valence-electron chi connectivity index (χ2n) is 8.32. The summed E-state index contributed by atoms with van der Waals surface area (Å²) in [7, 11) is 0. The first kappa shape index (κ1) is 20.1. The lowest BCUT2D eigenvalue weighted by molar-refractivity contribution is 0.293. The number of fused-ring (bicyclic) bond motifs is 1. The molecule has 0 radical (unpaired) electrons. The molecule has 1 aliphatic carbocycles. The molecule has 4 heterocycles. The highest BCUT2D eigenvalue weighted by atomic mass is 35.5. The maximum Gasteiger partial charge on any atom is 0.211 e. The smallest absolute Gasteiger partial charge is 0.211 e. The van der Waals surface area contributed by atoms with Crippen molar-refractivity contribution in [3.63, 3.8) is 0 Å². The van der Waals surface area contributed by atoms with Crippen LogP contribution in [0.25, 0.3) is 5.65 Å². The fraction of sp³-hybridized carbons (Fsp3) is 0.429. The summed E-state index contributed by atoms with van der Waals surface area (Å²) in [5, 5.41) is 9.22. The van der Waals surface area contributed by atoms with Crippen molar-refractivity contribution in [3.8, 4) is 0 Å². The first-order chi connectivity index (χ1) is 14.5. The lowest BCUT2D eigenvalue weighted by atomic mass is 9.75. The quantitative estimate of drug-likeness (QED) is 0.513. The van der Waals surface area contributed by atoms with Crippen molar-refractivity contribution < 1.29 is 0 Å². The van der Waals surface area contributed by atoms with Crippen LogP contribution in [0.2, 0.25) is 10.2 Å². The summed E-state index contributed by atoms with van der Waals surface area (Å²) in [5.74, 6) is 1.53. The van der Waals surface area contributed by atoms with Crippen molar-refractivity contribution in [2.24, 2.45) is 11.3 Å². The van der Waals surface area contributed by atoms with Gasteiger partial charge in [0.05, 0.1) is 9.92 Å². The summed E-state index contributed by atoms with van der Waals surface area (Å²) in [5.41, 5.74) is 1.91. The lowest BCUT2D eigenvalue weighted by Crippen LogP contribution is -2.43. The molecule has 2 aliphatic rings. The third kappa shape index (κ3) is 3.37. The van der Waals surface area contributed by atoms with Crippen LogP contribution in [-0.2, 0) is 0 Å². The van der Waals surface area contributed by atoms with Gasteiger partial charge in [-0.1, -0.05) is 41.9 Å². The number of piperidine rings is 1. The van der Waals surface area contributed by atoms with E-state index in [9.17, 15) is 0 Å². The maximum absolute atomic E-state index is 8.49. The van der Waals surface area contributed by atoms with Crippen molar-refractivity contribution in [1.82, 2.24) is 19.4 Å². The number of nitrogens with zero attached hydrogens (tertiary/aromatic N) is 5. The van der Waals surface area contributed by atoms with Gasteiger partial charge in [0, 0.05) is 53.9 Å². The van der Waals surface area contributed by atoms with Gasteiger partial charge in [-0.15, -0.1) is 0 Å². The number of rotatable bonds is 3. The lowest BCUT2D eigenvalue weighted by Gasteiger charge is -2.40. The minimum absolute atomic E-state index is 0.108. The van der Waals surface area contributed by atoms with Crippen LogP contribution in [0.4, 0.5) is 5.95 Å². The predicted molar refractivity (Wildman–Crippen MR) is 121 cm³/mol. The van der Waals surface area contributed by atoms with Gasteiger partial charge in [0.2, 0.25) is 5.95 Å². The van der Waals surface area contributed by atoms with E-state index in [1.807, 2.05) is 22.9 Å². The second kappa shape index (κ2) is 7.70. The molecule has 1 saturated heterocycles. The van der Waals surface area contributed by atoms with Crippen molar-refractivity contribution in [3.05, 3.63) is 41.0 Å². The number of hydrogen-bond acceptors (Lipinski definition) is 6. The van der Waals surface area contributed by atoms with Gasteiger partial charge in [-0.3, -0.25) is 4.40 Å². The van der Waals surface area contributed by atoms with E-state index in [4.69, 9.17) is 33.6 Å². The Labute approximate surface area is 189 Å². The molecule has 3 aromatic rings. The zero-order valence-corrected chi connectivity index (χ0v) is 18.9. The van der Waals surface area contributed by atoms with Crippen LogP contribution in [0, 0.1) is 16.7 Å². The van der Waals surface area contributed by atoms with Gasteiger partial charge in [-0.2, -0.15) is 0 Å². The van der Waals surface area contributed by atoms with Gasteiger partial charge >= 0.3 is 0 Å². The molecular weight excluding hydrogens is 439 g/mol. The summed E-state index contributed by atoms with van der Waals surface area (Å²) >= 11 is 13.9. The third-order valence-corrected chi connectivity index (χ3v) is 8.29. The van der Waals surface area contributed by atoms with Crippen molar-refractivity contribution >= 4 is 52.3 Å². The Balaban J connectivity index is 1.41. The number of hydrogen-bond donors (Lipinski definition) is 1. The highest BCUT2D eigenvalue weighted by Crippen LogP contribution is 2.47. The van der Waals surface area contributed by atoms with E-state index in [1.165, 1.54) is 11.8 Å². The van der Waals surface area contributed by atoms with Gasteiger partial charge in [0.1, 0.15) is 5.15 Å². The van der Waals surface area contributed by atoms with E-state index in [0.29, 0.717) is 16.1 Å². The van der Waals surface area contributed by atoms with E-state index in [-0.39, 0.29) is 5.41 Å². The van der Waals surface area contributed by atoms with Crippen LogP contribution in [0.15, 0.2) is 40.6 Å². The molecule has 2 fully saturated rings. The Bertz CT molecular complexity index is 1120. The fourth-order valence-electron chi connectivity index (χ4n) is 4.86. The Kier molecular flexibility index (Phi) is 5.16. The maximum atomic E-state index is 8.49. The van der Waals surface area contributed by atoms with Crippen LogP contribution in [0.3, 0.4) is 0 Å². The minimum atomic E-state index is 0.108. The molecule has 0 amide bonds. The number of imidazole rings is 1. The molecule has 1 N–H and O–H groups in total. The number of pyridine rings is 1. The van der Waals surface area contributed by atoms with Gasteiger partial charge < -0.3 is 10.3 Å². The average Bonchev–Trinajstić information content (AvgIpc) is 3.32. The summed E-state index contributed by atoms with van der Waals surface area (Å²) < 4.78 is 2.04. The van der Waals surface area contributed by atoms with Crippen molar-refractivity contribution in [2.75, 3.05) is 18.0 Å². The SMILES string of the molecule is CC1CC(=N)C2(CCN(c3ncc(Sc4ccnc(Cl)c4Cl)c4nccn34)CC2)C1. The first-order valence-electron chi connectivity index (χ1n) is 10.1. The number of aromatic nitrogens is 4. The summed E-state index contributed by atoms with van der Waals surface area (Å²) in [6.45, 7) is 4.09. The molecule has 1 aliphatic heterocycles. The van der Waals surface area contributed by atoms with Gasteiger partial charge in [0.25, 0.3) is 0 Å². The molecule has 1 spiro atoms. The summed E-state index contributed by atoms with van der Waals surface area (Å²) in [4.78, 5) is 17.4. The molecule has 1 unspecified atom stereocenters. The molecule has 1 saturated carbocycles. The molecule has 0 aromatic carbocycles. The average molecular weight is 461 g/mol. The van der Waals surface area contributed by atoms with Crippen molar-refractivity contribution in [2.45, 2.75) is 42.4 Å².